The molecule has 2 aliphatic carbocycles. The fraction of sp³-hybridized carbons (Fsp3) is 0.714. The molecule has 2 saturated carbocycles. The molecule has 0 aliphatic heterocycles. The molecule has 96 valence electrons. The van der Waals surface area contributed by atoms with Gasteiger partial charge >= 0.3 is 0 Å². The molecule has 3 heteroatoms. The molecular formula is C14H21IO2. The number of ether oxygens (including phenoxy) is 2. The average molecular weight is 348 g/mol. The van der Waals surface area contributed by atoms with Crippen LogP contribution in [-0.4, -0.2) is 24.4 Å². The summed E-state index contributed by atoms with van der Waals surface area (Å²) in [4.78, 5) is 0. The highest BCUT2D eigenvalue weighted by molar-refractivity contribution is 14.1. The quantitative estimate of drug-likeness (QED) is 0.327. The van der Waals surface area contributed by atoms with Crippen molar-refractivity contribution in [2.75, 3.05) is 18.3 Å². The van der Waals surface area contributed by atoms with E-state index in [0.717, 1.165) is 10.8 Å². The third-order valence-corrected chi connectivity index (χ3v) is 5.86. The van der Waals surface area contributed by atoms with Crippen molar-refractivity contribution in [3.8, 4) is 0 Å². The number of allylic oxidation sites excluding steroid dienone is 1. The molecule has 2 aliphatic rings. The highest BCUT2D eigenvalue weighted by Crippen LogP contribution is 2.58. The molecule has 0 spiro atoms. The SMILES string of the molecule is C=CC1CC[C@H]2C(=C)C[C@]1(CI)C2OCOC. The first kappa shape index (κ1) is 13.6. The van der Waals surface area contributed by atoms with Crippen LogP contribution < -0.4 is 0 Å². The maximum atomic E-state index is 5.98. The van der Waals surface area contributed by atoms with Gasteiger partial charge in [0.05, 0.1) is 6.10 Å². The second-order valence-corrected chi connectivity index (χ2v) is 5.98. The Morgan fingerprint density at radius 1 is 1.53 bits per heavy atom. The molecule has 0 N–H and O–H groups in total. The van der Waals surface area contributed by atoms with Crippen LogP contribution in [0.4, 0.5) is 0 Å². The van der Waals surface area contributed by atoms with Crippen molar-refractivity contribution < 1.29 is 9.47 Å². The van der Waals surface area contributed by atoms with Gasteiger partial charge in [0.25, 0.3) is 0 Å². The highest BCUT2D eigenvalue weighted by Gasteiger charge is 2.56. The summed E-state index contributed by atoms with van der Waals surface area (Å²) in [6.45, 7) is 8.66. The molecule has 2 unspecified atom stereocenters. The summed E-state index contributed by atoms with van der Waals surface area (Å²) < 4.78 is 12.2. The smallest absolute Gasteiger partial charge is 0.146 e. The number of fused-ring (bicyclic) bond motifs is 2. The van der Waals surface area contributed by atoms with Crippen LogP contribution in [-0.2, 0) is 9.47 Å². The number of alkyl halides is 1. The zero-order chi connectivity index (χ0) is 12.5. The Labute approximate surface area is 118 Å². The minimum Gasteiger partial charge on any atom is -0.359 e. The van der Waals surface area contributed by atoms with Crippen LogP contribution in [0.25, 0.3) is 0 Å². The van der Waals surface area contributed by atoms with Gasteiger partial charge in [-0.25, -0.2) is 0 Å². The molecule has 0 aromatic carbocycles. The zero-order valence-electron chi connectivity index (χ0n) is 10.5. The van der Waals surface area contributed by atoms with Crippen molar-refractivity contribution in [1.82, 2.24) is 0 Å². The van der Waals surface area contributed by atoms with Crippen LogP contribution in [0.1, 0.15) is 19.3 Å². The molecule has 0 aromatic heterocycles. The summed E-state index contributed by atoms with van der Waals surface area (Å²) in [5.41, 5.74) is 1.58. The van der Waals surface area contributed by atoms with Gasteiger partial charge in [0.1, 0.15) is 6.79 Å². The number of halogens is 1. The van der Waals surface area contributed by atoms with Crippen LogP contribution in [0.2, 0.25) is 0 Å². The van der Waals surface area contributed by atoms with E-state index in [0.29, 0.717) is 18.6 Å². The van der Waals surface area contributed by atoms with E-state index >= 15 is 0 Å². The first-order valence-corrected chi connectivity index (χ1v) is 7.69. The van der Waals surface area contributed by atoms with Gasteiger partial charge in [0.2, 0.25) is 0 Å². The van der Waals surface area contributed by atoms with Gasteiger partial charge in [0.15, 0.2) is 0 Å². The molecular weight excluding hydrogens is 327 g/mol. The Morgan fingerprint density at radius 2 is 2.29 bits per heavy atom. The molecule has 0 heterocycles. The normalized spacial score (nSPS) is 40.6. The molecule has 17 heavy (non-hydrogen) atoms. The number of hydrogen-bond donors (Lipinski definition) is 0. The predicted molar refractivity (Wildman–Crippen MR) is 78.2 cm³/mol. The van der Waals surface area contributed by atoms with Crippen molar-refractivity contribution in [2.45, 2.75) is 25.4 Å². The summed E-state index contributed by atoms with van der Waals surface area (Å²) in [6.07, 6.45) is 5.89. The maximum Gasteiger partial charge on any atom is 0.146 e. The lowest BCUT2D eigenvalue weighted by Gasteiger charge is -2.44. The lowest BCUT2D eigenvalue weighted by Crippen LogP contribution is -2.46. The van der Waals surface area contributed by atoms with Crippen LogP contribution in [0.5, 0.6) is 0 Å². The Morgan fingerprint density at radius 3 is 2.88 bits per heavy atom. The van der Waals surface area contributed by atoms with Gasteiger partial charge in [-0.1, -0.05) is 40.8 Å². The van der Waals surface area contributed by atoms with Crippen LogP contribution in [0.15, 0.2) is 24.8 Å². The molecule has 2 bridgehead atoms. The van der Waals surface area contributed by atoms with Gasteiger partial charge in [-0.05, 0) is 25.2 Å². The van der Waals surface area contributed by atoms with E-state index in [-0.39, 0.29) is 11.5 Å². The lowest BCUT2D eigenvalue weighted by molar-refractivity contribution is -0.136. The fourth-order valence-electron chi connectivity index (χ4n) is 3.61. The summed E-state index contributed by atoms with van der Waals surface area (Å²) >= 11 is 2.49. The zero-order valence-corrected chi connectivity index (χ0v) is 12.6. The van der Waals surface area contributed by atoms with E-state index in [2.05, 4.69) is 41.8 Å². The van der Waals surface area contributed by atoms with Gasteiger partial charge in [0, 0.05) is 22.9 Å². The van der Waals surface area contributed by atoms with Crippen LogP contribution in [0, 0.1) is 17.3 Å². The fourth-order valence-corrected chi connectivity index (χ4v) is 4.88. The molecule has 0 amide bonds. The second-order valence-electron chi connectivity index (χ2n) is 5.22. The maximum absolute atomic E-state index is 5.98. The third kappa shape index (κ3) is 2.10. The highest BCUT2D eigenvalue weighted by atomic mass is 127. The first-order chi connectivity index (χ1) is 8.19. The van der Waals surface area contributed by atoms with Crippen LogP contribution >= 0.6 is 22.6 Å². The Balaban J connectivity index is 2.28. The van der Waals surface area contributed by atoms with E-state index < -0.39 is 0 Å². The van der Waals surface area contributed by atoms with Crippen molar-refractivity contribution in [3.63, 3.8) is 0 Å². The van der Waals surface area contributed by atoms with Crippen molar-refractivity contribution in [2.24, 2.45) is 17.3 Å². The molecule has 2 fully saturated rings. The Kier molecular flexibility index (Phi) is 4.31. The van der Waals surface area contributed by atoms with E-state index in [1.165, 1.54) is 18.4 Å². The molecule has 2 rings (SSSR count). The van der Waals surface area contributed by atoms with Crippen molar-refractivity contribution in [3.05, 3.63) is 24.8 Å². The summed E-state index contributed by atoms with van der Waals surface area (Å²) in [7, 11) is 1.68. The predicted octanol–water partition coefficient (Wildman–Crippen LogP) is 3.57. The second kappa shape index (κ2) is 5.41. The van der Waals surface area contributed by atoms with Gasteiger partial charge in [-0.3, -0.25) is 0 Å². The summed E-state index contributed by atoms with van der Waals surface area (Å²) in [6, 6.07) is 0. The van der Waals surface area contributed by atoms with Crippen molar-refractivity contribution in [1.29, 1.82) is 0 Å². The van der Waals surface area contributed by atoms with E-state index in [1.54, 1.807) is 7.11 Å². The summed E-state index contributed by atoms with van der Waals surface area (Å²) in [5.74, 6) is 1.08. The topological polar surface area (TPSA) is 18.5 Å². The Hall–Kier alpha value is 0.130. The monoisotopic (exact) mass is 348 g/mol. The average Bonchev–Trinajstić information content (AvgIpc) is 2.52. The molecule has 4 atom stereocenters. The van der Waals surface area contributed by atoms with Crippen LogP contribution in [0.3, 0.4) is 0 Å². The molecule has 2 nitrogen and oxygen atoms in total. The minimum absolute atomic E-state index is 0.209. The molecule has 0 aromatic rings. The minimum atomic E-state index is 0.209. The van der Waals surface area contributed by atoms with Gasteiger partial charge in [-0.2, -0.15) is 0 Å². The number of rotatable bonds is 5. The molecule has 0 radical (unpaired) electrons. The van der Waals surface area contributed by atoms with Gasteiger partial charge < -0.3 is 9.47 Å². The number of hydrogen-bond acceptors (Lipinski definition) is 2. The largest absolute Gasteiger partial charge is 0.359 e. The Bertz CT molecular complexity index is 315. The third-order valence-electron chi connectivity index (χ3n) is 4.44. The standard InChI is InChI=1S/C14H21IO2/c1-4-11-5-6-12-10(2)7-14(11,8-15)13(12)17-9-16-3/h4,11-13H,1-2,5-9H2,3H3/t11?,12-,13?,14+/m0/s1. The van der Waals surface area contributed by atoms with E-state index in [1.807, 2.05) is 0 Å². The van der Waals surface area contributed by atoms with E-state index in [4.69, 9.17) is 9.47 Å². The summed E-state index contributed by atoms with van der Waals surface area (Å²) in [5, 5.41) is 0. The number of methoxy groups -OCH3 is 1. The lowest BCUT2D eigenvalue weighted by atomic mass is 9.67. The van der Waals surface area contributed by atoms with Crippen molar-refractivity contribution >= 4 is 22.6 Å². The van der Waals surface area contributed by atoms with E-state index in [9.17, 15) is 0 Å². The van der Waals surface area contributed by atoms with Gasteiger partial charge in [-0.15, -0.1) is 6.58 Å². The molecule has 0 saturated heterocycles. The first-order valence-electron chi connectivity index (χ1n) is 6.16.